The minimum atomic E-state index is 0. The van der Waals surface area contributed by atoms with E-state index in [2.05, 4.69) is 20.4 Å². The Labute approximate surface area is 118 Å². The van der Waals surface area contributed by atoms with Crippen molar-refractivity contribution in [3.8, 4) is 11.4 Å². The molecule has 1 aliphatic heterocycles. The molecule has 6 heteroatoms. The first-order valence-electron chi connectivity index (χ1n) is 6.35. The molecule has 3 heterocycles. The molecule has 1 fully saturated rings. The number of aromatic nitrogens is 3. The van der Waals surface area contributed by atoms with Gasteiger partial charge in [0.15, 0.2) is 0 Å². The van der Waals surface area contributed by atoms with E-state index < -0.39 is 0 Å². The molecule has 1 saturated heterocycles. The number of hydrogen-bond acceptors (Lipinski definition) is 5. The van der Waals surface area contributed by atoms with Gasteiger partial charge in [0.05, 0.1) is 0 Å². The van der Waals surface area contributed by atoms with Crippen molar-refractivity contribution >= 4 is 12.4 Å². The van der Waals surface area contributed by atoms with E-state index >= 15 is 0 Å². The van der Waals surface area contributed by atoms with Gasteiger partial charge >= 0.3 is 0 Å². The Morgan fingerprint density at radius 1 is 1.32 bits per heavy atom. The van der Waals surface area contributed by atoms with E-state index in [0.717, 1.165) is 31.0 Å². The fraction of sp³-hybridized carbons (Fsp3) is 0.462. The molecule has 5 nitrogen and oxygen atoms in total. The smallest absolute Gasteiger partial charge is 0.227 e. The summed E-state index contributed by atoms with van der Waals surface area (Å²) in [6, 6.07) is 3.81. The first-order valence-corrected chi connectivity index (χ1v) is 6.35. The SMILES string of the molecule is Cl.c1cncc(-c2noc(CC3CCNCC3)n2)c1. The highest BCUT2D eigenvalue weighted by molar-refractivity contribution is 5.85. The van der Waals surface area contributed by atoms with E-state index in [1.54, 1.807) is 12.4 Å². The second kappa shape index (κ2) is 6.63. The van der Waals surface area contributed by atoms with Gasteiger partial charge in [-0.1, -0.05) is 5.16 Å². The number of piperidine rings is 1. The molecule has 0 amide bonds. The van der Waals surface area contributed by atoms with E-state index in [0.29, 0.717) is 11.7 Å². The van der Waals surface area contributed by atoms with Crippen LogP contribution >= 0.6 is 12.4 Å². The van der Waals surface area contributed by atoms with Crippen molar-refractivity contribution in [3.63, 3.8) is 0 Å². The van der Waals surface area contributed by atoms with Gasteiger partial charge in [0.2, 0.25) is 11.7 Å². The zero-order chi connectivity index (χ0) is 12.2. The van der Waals surface area contributed by atoms with Gasteiger partial charge in [-0.2, -0.15) is 4.98 Å². The minimum Gasteiger partial charge on any atom is -0.339 e. The first kappa shape index (κ1) is 14.0. The molecule has 0 unspecified atom stereocenters. The maximum absolute atomic E-state index is 5.31. The van der Waals surface area contributed by atoms with Gasteiger partial charge in [0.1, 0.15) is 0 Å². The van der Waals surface area contributed by atoms with Gasteiger partial charge in [-0.25, -0.2) is 0 Å². The number of nitrogens with zero attached hydrogens (tertiary/aromatic N) is 3. The van der Waals surface area contributed by atoms with Crippen molar-refractivity contribution in [1.82, 2.24) is 20.4 Å². The zero-order valence-electron chi connectivity index (χ0n) is 10.6. The summed E-state index contributed by atoms with van der Waals surface area (Å²) in [6.45, 7) is 2.18. The first-order chi connectivity index (χ1) is 8.92. The summed E-state index contributed by atoms with van der Waals surface area (Å²) in [5, 5.41) is 7.37. The second-order valence-electron chi connectivity index (χ2n) is 4.65. The Balaban J connectivity index is 0.00000133. The molecule has 0 aromatic carbocycles. The Bertz CT molecular complexity index is 496. The predicted octanol–water partition coefficient (Wildman–Crippen LogP) is 2.10. The highest BCUT2D eigenvalue weighted by Gasteiger charge is 2.17. The Kier molecular flexibility index (Phi) is 4.87. The van der Waals surface area contributed by atoms with Gasteiger partial charge in [0, 0.05) is 24.4 Å². The fourth-order valence-corrected chi connectivity index (χ4v) is 2.28. The van der Waals surface area contributed by atoms with Crippen LogP contribution in [0.1, 0.15) is 18.7 Å². The molecule has 0 aliphatic carbocycles. The molecular weight excluding hydrogens is 264 g/mol. The third-order valence-corrected chi connectivity index (χ3v) is 3.31. The summed E-state index contributed by atoms with van der Waals surface area (Å²) >= 11 is 0. The quantitative estimate of drug-likeness (QED) is 0.933. The van der Waals surface area contributed by atoms with Crippen LogP contribution in [0.5, 0.6) is 0 Å². The number of halogens is 1. The van der Waals surface area contributed by atoms with E-state index in [1.165, 1.54) is 12.8 Å². The molecule has 1 aliphatic rings. The molecule has 102 valence electrons. The van der Waals surface area contributed by atoms with Crippen molar-refractivity contribution in [2.24, 2.45) is 5.92 Å². The van der Waals surface area contributed by atoms with Crippen molar-refractivity contribution in [3.05, 3.63) is 30.4 Å². The maximum Gasteiger partial charge on any atom is 0.227 e. The van der Waals surface area contributed by atoms with Crippen LogP contribution in [0.25, 0.3) is 11.4 Å². The van der Waals surface area contributed by atoms with Crippen LogP contribution in [0.2, 0.25) is 0 Å². The standard InChI is InChI=1S/C13H16N4O.ClH/c1-2-11(9-15-5-1)13-16-12(18-17-13)8-10-3-6-14-7-4-10;/h1-2,5,9-10,14H,3-4,6-8H2;1H. The third kappa shape index (κ3) is 3.52. The number of nitrogens with one attached hydrogen (secondary N) is 1. The number of rotatable bonds is 3. The summed E-state index contributed by atoms with van der Waals surface area (Å²) in [7, 11) is 0. The summed E-state index contributed by atoms with van der Waals surface area (Å²) in [4.78, 5) is 8.49. The third-order valence-electron chi connectivity index (χ3n) is 3.31. The lowest BCUT2D eigenvalue weighted by molar-refractivity contribution is 0.313. The van der Waals surface area contributed by atoms with Crippen LogP contribution < -0.4 is 5.32 Å². The van der Waals surface area contributed by atoms with Gasteiger partial charge in [-0.15, -0.1) is 12.4 Å². The van der Waals surface area contributed by atoms with E-state index in [4.69, 9.17) is 4.52 Å². The highest BCUT2D eigenvalue weighted by Crippen LogP contribution is 2.19. The lowest BCUT2D eigenvalue weighted by Gasteiger charge is -2.20. The average Bonchev–Trinajstić information content (AvgIpc) is 2.89. The fourth-order valence-electron chi connectivity index (χ4n) is 2.28. The molecule has 19 heavy (non-hydrogen) atoms. The number of hydrogen-bond donors (Lipinski definition) is 1. The highest BCUT2D eigenvalue weighted by atomic mass is 35.5. The molecule has 0 saturated carbocycles. The topological polar surface area (TPSA) is 63.8 Å². The lowest BCUT2D eigenvalue weighted by atomic mass is 9.95. The van der Waals surface area contributed by atoms with Crippen LogP contribution in [0.4, 0.5) is 0 Å². The van der Waals surface area contributed by atoms with Crippen molar-refractivity contribution in [2.75, 3.05) is 13.1 Å². The molecule has 0 atom stereocenters. The Morgan fingerprint density at radius 2 is 2.16 bits per heavy atom. The number of pyridine rings is 1. The van der Waals surface area contributed by atoms with Crippen LogP contribution in [0.15, 0.2) is 29.0 Å². The largest absolute Gasteiger partial charge is 0.339 e. The van der Waals surface area contributed by atoms with Crippen molar-refractivity contribution in [1.29, 1.82) is 0 Å². The molecule has 2 aromatic rings. The monoisotopic (exact) mass is 280 g/mol. The summed E-state index contributed by atoms with van der Waals surface area (Å²) < 4.78 is 5.31. The van der Waals surface area contributed by atoms with Gasteiger partial charge < -0.3 is 9.84 Å². The molecule has 2 aromatic heterocycles. The normalized spacial score (nSPS) is 16.0. The van der Waals surface area contributed by atoms with Crippen molar-refractivity contribution < 1.29 is 4.52 Å². The van der Waals surface area contributed by atoms with Crippen LogP contribution in [0, 0.1) is 5.92 Å². The van der Waals surface area contributed by atoms with Crippen LogP contribution in [-0.4, -0.2) is 28.2 Å². The molecule has 0 bridgehead atoms. The molecule has 1 N–H and O–H groups in total. The maximum atomic E-state index is 5.31. The van der Waals surface area contributed by atoms with Crippen LogP contribution in [0.3, 0.4) is 0 Å². The minimum absolute atomic E-state index is 0. The summed E-state index contributed by atoms with van der Waals surface area (Å²) in [5.41, 5.74) is 0.901. The summed E-state index contributed by atoms with van der Waals surface area (Å²) in [5.74, 6) is 2.03. The Morgan fingerprint density at radius 3 is 2.89 bits per heavy atom. The molecule has 0 radical (unpaired) electrons. The van der Waals surface area contributed by atoms with Crippen LogP contribution in [-0.2, 0) is 6.42 Å². The van der Waals surface area contributed by atoms with E-state index in [9.17, 15) is 0 Å². The van der Waals surface area contributed by atoms with Crippen molar-refractivity contribution in [2.45, 2.75) is 19.3 Å². The summed E-state index contributed by atoms with van der Waals surface area (Å²) in [6.07, 6.45) is 6.74. The molecular formula is C13H17ClN4O. The Hall–Kier alpha value is -1.46. The predicted molar refractivity (Wildman–Crippen MR) is 74.1 cm³/mol. The van der Waals surface area contributed by atoms with Gasteiger partial charge in [-0.3, -0.25) is 4.98 Å². The van der Waals surface area contributed by atoms with Gasteiger partial charge in [-0.05, 0) is 44.0 Å². The lowest BCUT2D eigenvalue weighted by Crippen LogP contribution is -2.28. The second-order valence-corrected chi connectivity index (χ2v) is 4.65. The molecule has 0 spiro atoms. The molecule has 3 rings (SSSR count). The van der Waals surface area contributed by atoms with E-state index in [1.807, 2.05) is 12.1 Å². The van der Waals surface area contributed by atoms with E-state index in [-0.39, 0.29) is 12.4 Å². The van der Waals surface area contributed by atoms with Gasteiger partial charge in [0.25, 0.3) is 0 Å². The average molecular weight is 281 g/mol. The zero-order valence-corrected chi connectivity index (χ0v) is 11.4.